The van der Waals surface area contributed by atoms with Crippen molar-refractivity contribution >= 4 is 15.9 Å². The lowest BCUT2D eigenvalue weighted by Crippen LogP contribution is -2.15. The van der Waals surface area contributed by atoms with E-state index in [4.69, 9.17) is 0 Å². The van der Waals surface area contributed by atoms with Crippen molar-refractivity contribution < 1.29 is 0 Å². The van der Waals surface area contributed by atoms with Crippen LogP contribution in [0.15, 0.2) is 34.8 Å². The van der Waals surface area contributed by atoms with E-state index < -0.39 is 0 Å². The first-order valence-corrected chi connectivity index (χ1v) is 6.79. The molecule has 2 rings (SSSR count). The average Bonchev–Trinajstić information content (AvgIpc) is 2.36. The maximum atomic E-state index is 4.59. The van der Waals surface area contributed by atoms with E-state index in [9.17, 15) is 0 Å². The first kappa shape index (κ1) is 13.2. The van der Waals surface area contributed by atoms with E-state index in [1.54, 1.807) is 0 Å². The molecular formula is C14H16BrN3. The Morgan fingerprint density at radius 3 is 2.78 bits per heavy atom. The number of hydrogen-bond acceptors (Lipinski definition) is 3. The van der Waals surface area contributed by atoms with Crippen molar-refractivity contribution in [3.05, 3.63) is 46.3 Å². The fraction of sp³-hybridized carbons (Fsp3) is 0.286. The van der Waals surface area contributed by atoms with Crippen molar-refractivity contribution in [1.82, 2.24) is 15.3 Å². The van der Waals surface area contributed by atoms with Gasteiger partial charge in [-0.2, -0.15) is 0 Å². The van der Waals surface area contributed by atoms with Crippen LogP contribution in [0.5, 0.6) is 0 Å². The van der Waals surface area contributed by atoms with E-state index in [-0.39, 0.29) is 0 Å². The van der Waals surface area contributed by atoms with Crippen LogP contribution in [0.4, 0.5) is 0 Å². The Hall–Kier alpha value is -1.26. The van der Waals surface area contributed by atoms with Crippen LogP contribution < -0.4 is 5.32 Å². The highest BCUT2D eigenvalue weighted by Crippen LogP contribution is 2.21. The Kier molecular flexibility index (Phi) is 4.44. The van der Waals surface area contributed by atoms with Gasteiger partial charge in [-0.05, 0) is 31.7 Å². The van der Waals surface area contributed by atoms with E-state index in [0.29, 0.717) is 6.54 Å². The average molecular weight is 306 g/mol. The number of benzene rings is 1. The van der Waals surface area contributed by atoms with Gasteiger partial charge in [-0.1, -0.05) is 35.0 Å². The second kappa shape index (κ2) is 6.07. The smallest absolute Gasteiger partial charge is 0.143 e. The number of nitrogens with zero attached hydrogens (tertiary/aromatic N) is 2. The van der Waals surface area contributed by atoms with Gasteiger partial charge in [0.05, 0.1) is 12.2 Å². The summed E-state index contributed by atoms with van der Waals surface area (Å²) >= 11 is 3.48. The highest BCUT2D eigenvalue weighted by atomic mass is 79.9. The zero-order valence-corrected chi connectivity index (χ0v) is 12.2. The lowest BCUT2D eigenvalue weighted by atomic mass is 10.1. The Labute approximate surface area is 116 Å². The molecule has 2 aromatic rings. The first-order valence-electron chi connectivity index (χ1n) is 6.00. The van der Waals surface area contributed by atoms with Gasteiger partial charge >= 0.3 is 0 Å². The second-order valence-electron chi connectivity index (χ2n) is 4.10. The summed E-state index contributed by atoms with van der Waals surface area (Å²) < 4.78 is 1.06. The van der Waals surface area contributed by atoms with Gasteiger partial charge in [0, 0.05) is 15.7 Å². The van der Waals surface area contributed by atoms with Gasteiger partial charge in [0.15, 0.2) is 0 Å². The monoisotopic (exact) mass is 305 g/mol. The number of hydrogen-bond donors (Lipinski definition) is 1. The van der Waals surface area contributed by atoms with Crippen molar-refractivity contribution in [2.24, 2.45) is 0 Å². The predicted molar refractivity (Wildman–Crippen MR) is 77.3 cm³/mol. The fourth-order valence-corrected chi connectivity index (χ4v) is 2.14. The molecule has 18 heavy (non-hydrogen) atoms. The van der Waals surface area contributed by atoms with Gasteiger partial charge < -0.3 is 5.32 Å². The first-order chi connectivity index (χ1) is 8.69. The molecule has 94 valence electrons. The zero-order chi connectivity index (χ0) is 13.0. The number of nitrogens with one attached hydrogen (secondary N) is 1. The van der Waals surface area contributed by atoms with Gasteiger partial charge in [-0.3, -0.25) is 0 Å². The fourth-order valence-electron chi connectivity index (χ4n) is 1.74. The van der Waals surface area contributed by atoms with E-state index in [1.807, 2.05) is 25.1 Å². The van der Waals surface area contributed by atoms with Crippen molar-refractivity contribution in [2.45, 2.75) is 20.4 Å². The highest BCUT2D eigenvalue weighted by Gasteiger charge is 2.04. The van der Waals surface area contributed by atoms with E-state index in [2.05, 4.69) is 50.3 Å². The summed E-state index contributed by atoms with van der Waals surface area (Å²) in [7, 11) is 0. The normalized spacial score (nSPS) is 10.6. The van der Waals surface area contributed by atoms with Gasteiger partial charge in [0.2, 0.25) is 0 Å². The van der Waals surface area contributed by atoms with Crippen LogP contribution in [0.3, 0.4) is 0 Å². The zero-order valence-electron chi connectivity index (χ0n) is 10.6. The molecule has 0 saturated carbocycles. The Balaban J connectivity index is 2.35. The quantitative estimate of drug-likeness (QED) is 0.941. The molecule has 0 fully saturated rings. The molecule has 0 radical (unpaired) electrons. The lowest BCUT2D eigenvalue weighted by molar-refractivity contribution is 0.688. The summed E-state index contributed by atoms with van der Waals surface area (Å²) in [5.74, 6) is 0.840. The van der Waals surface area contributed by atoms with Crippen LogP contribution in [-0.2, 0) is 6.54 Å². The molecule has 0 atom stereocenters. The van der Waals surface area contributed by atoms with Crippen LogP contribution >= 0.6 is 15.9 Å². The lowest BCUT2D eigenvalue weighted by Gasteiger charge is -2.07. The predicted octanol–water partition coefficient (Wildman–Crippen LogP) is 3.32. The molecule has 1 aromatic carbocycles. The molecule has 0 spiro atoms. The number of aromatic nitrogens is 2. The van der Waals surface area contributed by atoms with Crippen molar-refractivity contribution in [3.8, 4) is 11.3 Å². The molecule has 1 aromatic heterocycles. The van der Waals surface area contributed by atoms with Gasteiger partial charge in [-0.15, -0.1) is 0 Å². The maximum absolute atomic E-state index is 4.59. The van der Waals surface area contributed by atoms with E-state index >= 15 is 0 Å². The Morgan fingerprint density at radius 1 is 1.22 bits per heavy atom. The molecule has 1 N–H and O–H groups in total. The summed E-state index contributed by atoms with van der Waals surface area (Å²) in [6.07, 6.45) is 0. The Bertz CT molecular complexity index is 540. The van der Waals surface area contributed by atoms with Gasteiger partial charge in [0.1, 0.15) is 5.82 Å². The van der Waals surface area contributed by atoms with Crippen LogP contribution in [-0.4, -0.2) is 16.5 Å². The van der Waals surface area contributed by atoms with E-state index in [1.165, 1.54) is 0 Å². The number of halogens is 1. The van der Waals surface area contributed by atoms with Crippen LogP contribution in [0.1, 0.15) is 18.4 Å². The molecule has 0 aliphatic heterocycles. The molecule has 3 nitrogen and oxygen atoms in total. The molecular weight excluding hydrogens is 290 g/mol. The Morgan fingerprint density at radius 2 is 2.06 bits per heavy atom. The summed E-state index contributed by atoms with van der Waals surface area (Å²) in [5.41, 5.74) is 3.07. The molecule has 0 bridgehead atoms. The summed E-state index contributed by atoms with van der Waals surface area (Å²) in [4.78, 5) is 9.02. The summed E-state index contributed by atoms with van der Waals surface area (Å²) in [5, 5.41) is 3.25. The third kappa shape index (κ3) is 3.37. The van der Waals surface area contributed by atoms with Crippen LogP contribution in [0, 0.1) is 6.92 Å². The third-order valence-electron chi connectivity index (χ3n) is 2.55. The molecule has 1 heterocycles. The molecule has 0 unspecified atom stereocenters. The van der Waals surface area contributed by atoms with Crippen molar-refractivity contribution in [1.29, 1.82) is 0 Å². The highest BCUT2D eigenvalue weighted by molar-refractivity contribution is 9.10. The van der Waals surface area contributed by atoms with Crippen LogP contribution in [0.2, 0.25) is 0 Å². The summed E-state index contributed by atoms with van der Waals surface area (Å²) in [6.45, 7) is 5.70. The molecule has 0 aliphatic rings. The minimum atomic E-state index is 0.708. The molecule has 0 amide bonds. The molecule has 4 heteroatoms. The second-order valence-corrected chi connectivity index (χ2v) is 5.02. The standard InChI is InChI=1S/C14H16BrN3/c1-3-16-9-14-17-10(2)7-13(18-14)11-5-4-6-12(15)8-11/h4-8,16H,3,9H2,1-2H3. The number of rotatable bonds is 4. The van der Waals surface area contributed by atoms with Gasteiger partial charge in [-0.25, -0.2) is 9.97 Å². The van der Waals surface area contributed by atoms with Crippen molar-refractivity contribution in [3.63, 3.8) is 0 Å². The van der Waals surface area contributed by atoms with Crippen LogP contribution in [0.25, 0.3) is 11.3 Å². The molecule has 0 aliphatic carbocycles. The summed E-state index contributed by atoms with van der Waals surface area (Å²) in [6, 6.07) is 10.2. The molecule has 0 saturated heterocycles. The maximum Gasteiger partial charge on any atom is 0.143 e. The third-order valence-corrected chi connectivity index (χ3v) is 3.05. The van der Waals surface area contributed by atoms with Crippen molar-refractivity contribution in [2.75, 3.05) is 6.54 Å². The minimum absolute atomic E-state index is 0.708. The van der Waals surface area contributed by atoms with Gasteiger partial charge in [0.25, 0.3) is 0 Å². The minimum Gasteiger partial charge on any atom is -0.310 e. The largest absolute Gasteiger partial charge is 0.310 e. The SMILES string of the molecule is CCNCc1nc(C)cc(-c2cccc(Br)c2)n1. The topological polar surface area (TPSA) is 37.8 Å². The van der Waals surface area contributed by atoms with E-state index in [0.717, 1.165) is 33.8 Å². The number of aryl methyl sites for hydroxylation is 1.